The highest BCUT2D eigenvalue weighted by atomic mass is 32.2. The number of nitrogens with one attached hydrogen (secondary N) is 3. The SMILES string of the molecule is C=C1C=C(C(Cc2ccc(NS(=O)(=O)O)cc2)NC(=O)C(Cc2ccccc2)NC(=O)OC)N=C1c1ccc(CCCC)s1. The number of anilines is 1. The molecule has 2 amide bonds. The molecular weight excluding hydrogens is 601 g/mol. The van der Waals surface area contributed by atoms with Crippen LogP contribution in [0.4, 0.5) is 10.5 Å². The maximum absolute atomic E-state index is 13.7. The molecule has 0 aliphatic carbocycles. The Bertz CT molecular complexity index is 1650. The van der Waals surface area contributed by atoms with Crippen LogP contribution >= 0.6 is 11.3 Å². The fourth-order valence-corrected chi connectivity index (χ4v) is 6.23. The molecule has 3 aromatic rings. The van der Waals surface area contributed by atoms with Gasteiger partial charge >= 0.3 is 16.4 Å². The number of ether oxygens (including phenoxy) is 1. The second-order valence-corrected chi connectivity index (χ2v) is 12.7. The van der Waals surface area contributed by atoms with Crippen LogP contribution in [-0.4, -0.2) is 49.9 Å². The van der Waals surface area contributed by atoms with Crippen LogP contribution in [0.5, 0.6) is 0 Å². The van der Waals surface area contributed by atoms with Crippen molar-refractivity contribution in [1.29, 1.82) is 0 Å². The number of aliphatic imine (C=N–C) groups is 1. The van der Waals surface area contributed by atoms with E-state index in [-0.39, 0.29) is 12.1 Å². The number of rotatable bonds is 14. The summed E-state index contributed by atoms with van der Waals surface area (Å²) in [4.78, 5) is 33.1. The number of thiophene rings is 1. The van der Waals surface area contributed by atoms with Crippen molar-refractivity contribution in [3.8, 4) is 0 Å². The van der Waals surface area contributed by atoms with E-state index in [0.717, 1.165) is 46.6 Å². The zero-order valence-electron chi connectivity index (χ0n) is 24.6. The Morgan fingerprint density at radius 3 is 2.36 bits per heavy atom. The van der Waals surface area contributed by atoms with Gasteiger partial charge in [0.25, 0.3) is 0 Å². The Hall–Kier alpha value is -4.26. The number of methoxy groups -OCH3 is 1. The largest absolute Gasteiger partial charge is 0.453 e. The van der Waals surface area contributed by atoms with Gasteiger partial charge in [-0.25, -0.2) is 9.79 Å². The number of allylic oxidation sites excluding steroid dienone is 2. The highest BCUT2D eigenvalue weighted by molar-refractivity contribution is 7.87. The van der Waals surface area contributed by atoms with E-state index in [0.29, 0.717) is 12.1 Å². The number of alkyl carbamates (subject to hydrolysis) is 1. The maximum atomic E-state index is 13.7. The first-order valence-electron chi connectivity index (χ1n) is 14.2. The fourth-order valence-electron chi connectivity index (χ4n) is 4.72. The molecule has 2 heterocycles. The van der Waals surface area contributed by atoms with Crippen LogP contribution in [0, 0.1) is 0 Å². The van der Waals surface area contributed by atoms with Crippen LogP contribution < -0.4 is 15.4 Å². The lowest BCUT2D eigenvalue weighted by molar-refractivity contribution is -0.123. The quantitative estimate of drug-likeness (QED) is 0.178. The smallest absolute Gasteiger partial charge is 0.407 e. The molecule has 1 aliphatic rings. The van der Waals surface area contributed by atoms with Gasteiger partial charge in [0.15, 0.2) is 0 Å². The van der Waals surface area contributed by atoms with Gasteiger partial charge in [-0.2, -0.15) is 8.42 Å². The van der Waals surface area contributed by atoms with E-state index in [4.69, 9.17) is 14.3 Å². The van der Waals surface area contributed by atoms with Gasteiger partial charge in [-0.05, 0) is 66.3 Å². The number of aryl methyl sites for hydroxylation is 1. The number of hydrogen-bond donors (Lipinski definition) is 4. The molecule has 1 aromatic heterocycles. The highest BCUT2D eigenvalue weighted by Crippen LogP contribution is 2.29. The lowest BCUT2D eigenvalue weighted by Gasteiger charge is -2.23. The predicted molar refractivity (Wildman–Crippen MR) is 173 cm³/mol. The summed E-state index contributed by atoms with van der Waals surface area (Å²) in [6.45, 7) is 6.37. The van der Waals surface area contributed by atoms with Gasteiger partial charge in [-0.15, -0.1) is 11.3 Å². The van der Waals surface area contributed by atoms with E-state index in [2.05, 4.69) is 30.2 Å². The average molecular weight is 637 g/mol. The second kappa shape index (κ2) is 15.0. The van der Waals surface area contributed by atoms with Crippen LogP contribution in [-0.2, 0) is 39.1 Å². The topological polar surface area (TPSA) is 146 Å². The van der Waals surface area contributed by atoms with Crippen molar-refractivity contribution in [1.82, 2.24) is 10.6 Å². The maximum Gasteiger partial charge on any atom is 0.407 e. The number of carbonyl (C=O) groups is 2. The van der Waals surface area contributed by atoms with Crippen LogP contribution in [0.2, 0.25) is 0 Å². The lowest BCUT2D eigenvalue weighted by atomic mass is 10.0. The van der Waals surface area contributed by atoms with Crippen molar-refractivity contribution in [2.75, 3.05) is 11.8 Å². The molecule has 4 rings (SSSR count). The lowest BCUT2D eigenvalue weighted by Crippen LogP contribution is -2.51. The zero-order valence-corrected chi connectivity index (χ0v) is 26.2. The number of unbranched alkanes of at least 4 members (excludes halogenated alkanes) is 1. The van der Waals surface area contributed by atoms with E-state index in [1.807, 2.05) is 47.2 Å². The Kier molecular flexibility index (Phi) is 11.1. The molecule has 0 fully saturated rings. The minimum atomic E-state index is -4.42. The molecule has 232 valence electrons. The van der Waals surface area contributed by atoms with E-state index in [1.54, 1.807) is 23.5 Å². The molecule has 2 aromatic carbocycles. The Balaban J connectivity index is 1.62. The second-order valence-electron chi connectivity index (χ2n) is 10.3. The van der Waals surface area contributed by atoms with Crippen molar-refractivity contribution >= 4 is 45.0 Å². The summed E-state index contributed by atoms with van der Waals surface area (Å²) in [7, 11) is -3.18. The first kappa shape index (κ1) is 32.6. The molecule has 12 heteroatoms. The van der Waals surface area contributed by atoms with Crippen molar-refractivity contribution < 1.29 is 27.3 Å². The molecule has 0 saturated heterocycles. The van der Waals surface area contributed by atoms with E-state index in [9.17, 15) is 18.0 Å². The summed E-state index contributed by atoms with van der Waals surface area (Å²) < 4.78 is 38.3. The molecule has 44 heavy (non-hydrogen) atoms. The number of amides is 2. The summed E-state index contributed by atoms with van der Waals surface area (Å²) in [5.41, 5.74) is 3.88. The minimum Gasteiger partial charge on any atom is -0.453 e. The average Bonchev–Trinajstić information content (AvgIpc) is 3.62. The van der Waals surface area contributed by atoms with Gasteiger partial charge in [0.1, 0.15) is 6.04 Å². The van der Waals surface area contributed by atoms with E-state index in [1.165, 1.54) is 24.1 Å². The summed E-state index contributed by atoms with van der Waals surface area (Å²) in [5, 5.41) is 5.70. The van der Waals surface area contributed by atoms with Crippen molar-refractivity contribution in [2.24, 2.45) is 4.99 Å². The zero-order chi connectivity index (χ0) is 31.7. The van der Waals surface area contributed by atoms with Gasteiger partial charge in [0, 0.05) is 11.3 Å². The first-order valence-corrected chi connectivity index (χ1v) is 16.4. The van der Waals surface area contributed by atoms with Crippen LogP contribution in [0.1, 0.15) is 40.6 Å². The molecule has 10 nitrogen and oxygen atoms in total. The Morgan fingerprint density at radius 1 is 1.00 bits per heavy atom. The molecule has 1 aliphatic heterocycles. The summed E-state index contributed by atoms with van der Waals surface area (Å²) in [5.74, 6) is -0.429. The molecule has 4 N–H and O–H groups in total. The number of hydrogen-bond acceptors (Lipinski definition) is 7. The van der Waals surface area contributed by atoms with Crippen LogP contribution in [0.25, 0.3) is 0 Å². The predicted octanol–water partition coefficient (Wildman–Crippen LogP) is 5.24. The summed E-state index contributed by atoms with van der Waals surface area (Å²) in [6, 6.07) is 18.3. The van der Waals surface area contributed by atoms with E-state index >= 15 is 0 Å². The van der Waals surface area contributed by atoms with Gasteiger partial charge in [0.05, 0.1) is 35.1 Å². The summed E-state index contributed by atoms with van der Waals surface area (Å²) >= 11 is 1.68. The number of benzene rings is 2. The van der Waals surface area contributed by atoms with Crippen molar-refractivity contribution in [3.05, 3.63) is 112 Å². The Morgan fingerprint density at radius 2 is 1.70 bits per heavy atom. The molecular formula is C32H36N4O6S2. The van der Waals surface area contributed by atoms with Gasteiger partial charge in [-0.3, -0.25) is 14.1 Å². The van der Waals surface area contributed by atoms with Crippen molar-refractivity contribution in [2.45, 2.75) is 51.1 Å². The van der Waals surface area contributed by atoms with E-state index < -0.39 is 34.4 Å². The van der Waals surface area contributed by atoms with Gasteiger partial charge in [0.2, 0.25) is 5.91 Å². The monoisotopic (exact) mass is 636 g/mol. The standard InChI is InChI=1S/C32H36N4O6S2/c1-4-5-11-25-16-17-29(43-25)30-21(2)18-26(33-30)27(19-23-12-14-24(15-13-23)36-44(39,40)41)34-31(37)28(35-32(38)42-3)20-22-9-7-6-8-10-22/h6-10,12-18,27-28,36H,2,4-5,11,19-20H2,1,3H3,(H,34,37)(H,35,38)(H,39,40,41). The normalized spacial score (nSPS) is 14.3. The third-order valence-electron chi connectivity index (χ3n) is 6.93. The molecule has 0 radical (unpaired) electrons. The number of carbonyl (C=O) groups excluding carboxylic acids is 2. The number of nitrogens with zero attached hydrogens (tertiary/aromatic N) is 1. The van der Waals surface area contributed by atoms with Gasteiger partial charge < -0.3 is 15.4 Å². The fraction of sp³-hybridized carbons (Fsp3) is 0.281. The molecule has 0 saturated carbocycles. The molecule has 0 spiro atoms. The molecule has 2 atom stereocenters. The highest BCUT2D eigenvalue weighted by Gasteiger charge is 2.28. The summed E-state index contributed by atoms with van der Waals surface area (Å²) in [6.07, 6.45) is 4.86. The third kappa shape index (κ3) is 9.37. The minimum absolute atomic E-state index is 0.187. The first-order chi connectivity index (χ1) is 21.0. The third-order valence-corrected chi connectivity index (χ3v) is 8.58. The molecule has 2 unspecified atom stereocenters. The van der Waals surface area contributed by atoms with Crippen LogP contribution in [0.15, 0.2) is 95.6 Å². The molecule has 0 bridgehead atoms. The van der Waals surface area contributed by atoms with Crippen molar-refractivity contribution in [3.63, 3.8) is 0 Å². The Labute approximate surface area is 261 Å². The van der Waals surface area contributed by atoms with Crippen LogP contribution in [0.3, 0.4) is 0 Å². The van der Waals surface area contributed by atoms with Gasteiger partial charge in [-0.1, -0.05) is 62.4 Å².